The number of hydrogen-bond donors (Lipinski definition) is 0. The number of nitrogens with zero attached hydrogens (tertiary/aromatic N) is 1. The first-order valence-electron chi connectivity index (χ1n) is 4.66. The lowest BCUT2D eigenvalue weighted by molar-refractivity contribution is 0.0328. The minimum absolute atomic E-state index is 0.414. The summed E-state index contributed by atoms with van der Waals surface area (Å²) in [6, 6.07) is 0.758. The van der Waals surface area contributed by atoms with E-state index in [1.807, 2.05) is 0 Å². The SMILES string of the molecule is C[C@H]1C[C@@H](C)N(C)C(C)(C)C1. The molecule has 0 aromatic heterocycles. The number of rotatable bonds is 0. The standard InChI is InChI=1S/C10H21N/c1-8-6-9(2)11(5)10(3,4)7-8/h8-9H,6-7H2,1-5H3/t8-,9+/m0/s1. The van der Waals surface area contributed by atoms with E-state index >= 15 is 0 Å². The average molecular weight is 155 g/mol. The second-order valence-electron chi connectivity index (χ2n) is 4.82. The summed E-state index contributed by atoms with van der Waals surface area (Å²) in [6.45, 7) is 9.39. The monoisotopic (exact) mass is 155 g/mol. The summed E-state index contributed by atoms with van der Waals surface area (Å²) in [7, 11) is 2.25. The Kier molecular flexibility index (Phi) is 2.29. The molecule has 1 heterocycles. The van der Waals surface area contributed by atoms with Crippen molar-refractivity contribution in [3.05, 3.63) is 0 Å². The summed E-state index contributed by atoms with van der Waals surface area (Å²) in [5.74, 6) is 0.899. The number of likely N-dealkylation sites (tertiary alicyclic amines) is 1. The fourth-order valence-electron chi connectivity index (χ4n) is 2.42. The van der Waals surface area contributed by atoms with Crippen LogP contribution in [0.3, 0.4) is 0 Å². The van der Waals surface area contributed by atoms with Crippen LogP contribution in [0.4, 0.5) is 0 Å². The van der Waals surface area contributed by atoms with E-state index < -0.39 is 0 Å². The third-order valence-corrected chi connectivity index (χ3v) is 3.21. The molecule has 1 rings (SSSR count). The van der Waals surface area contributed by atoms with Gasteiger partial charge in [0.25, 0.3) is 0 Å². The van der Waals surface area contributed by atoms with Gasteiger partial charge in [-0.05, 0) is 46.6 Å². The van der Waals surface area contributed by atoms with Gasteiger partial charge in [0.2, 0.25) is 0 Å². The van der Waals surface area contributed by atoms with E-state index in [0.717, 1.165) is 12.0 Å². The average Bonchev–Trinajstić information content (AvgIpc) is 1.81. The third kappa shape index (κ3) is 1.76. The van der Waals surface area contributed by atoms with Gasteiger partial charge in [-0.3, -0.25) is 4.90 Å². The van der Waals surface area contributed by atoms with Gasteiger partial charge in [0.1, 0.15) is 0 Å². The van der Waals surface area contributed by atoms with Crippen LogP contribution < -0.4 is 0 Å². The molecular formula is C10H21N. The van der Waals surface area contributed by atoms with Crippen molar-refractivity contribution >= 4 is 0 Å². The number of hydrogen-bond acceptors (Lipinski definition) is 1. The molecule has 1 fully saturated rings. The summed E-state index contributed by atoms with van der Waals surface area (Å²) in [6.07, 6.45) is 2.70. The minimum atomic E-state index is 0.414. The first kappa shape index (κ1) is 9.05. The van der Waals surface area contributed by atoms with Crippen molar-refractivity contribution in [2.24, 2.45) is 5.92 Å². The molecule has 0 unspecified atom stereocenters. The molecule has 1 heteroatoms. The zero-order valence-electron chi connectivity index (χ0n) is 8.52. The van der Waals surface area contributed by atoms with E-state index in [9.17, 15) is 0 Å². The highest BCUT2D eigenvalue weighted by Gasteiger charge is 2.34. The minimum Gasteiger partial charge on any atom is -0.299 e. The van der Waals surface area contributed by atoms with Crippen molar-refractivity contribution in [2.45, 2.75) is 52.1 Å². The molecule has 0 aliphatic carbocycles. The van der Waals surface area contributed by atoms with Crippen LogP contribution in [-0.4, -0.2) is 23.5 Å². The highest BCUT2D eigenvalue weighted by Crippen LogP contribution is 2.33. The molecule has 0 aromatic carbocycles. The topological polar surface area (TPSA) is 3.24 Å². The Labute approximate surface area is 70.8 Å². The van der Waals surface area contributed by atoms with E-state index in [0.29, 0.717) is 5.54 Å². The Bertz CT molecular complexity index is 140. The molecule has 2 atom stereocenters. The summed E-state index contributed by atoms with van der Waals surface area (Å²) < 4.78 is 0. The Morgan fingerprint density at radius 3 is 2.27 bits per heavy atom. The first-order valence-corrected chi connectivity index (χ1v) is 4.66. The van der Waals surface area contributed by atoms with Gasteiger partial charge >= 0.3 is 0 Å². The van der Waals surface area contributed by atoms with Crippen LogP contribution in [-0.2, 0) is 0 Å². The van der Waals surface area contributed by atoms with Gasteiger partial charge in [-0.1, -0.05) is 6.92 Å². The van der Waals surface area contributed by atoms with Crippen molar-refractivity contribution in [3.63, 3.8) is 0 Å². The van der Waals surface area contributed by atoms with Gasteiger partial charge in [-0.2, -0.15) is 0 Å². The molecule has 0 bridgehead atoms. The van der Waals surface area contributed by atoms with Crippen molar-refractivity contribution in [3.8, 4) is 0 Å². The van der Waals surface area contributed by atoms with E-state index in [2.05, 4.69) is 39.6 Å². The molecule has 0 saturated carbocycles. The molecule has 1 saturated heterocycles. The Morgan fingerprint density at radius 1 is 1.27 bits per heavy atom. The van der Waals surface area contributed by atoms with Gasteiger partial charge in [-0.15, -0.1) is 0 Å². The summed E-state index contributed by atoms with van der Waals surface area (Å²) in [4.78, 5) is 2.51. The van der Waals surface area contributed by atoms with E-state index in [4.69, 9.17) is 0 Å². The lowest BCUT2D eigenvalue weighted by Gasteiger charge is -2.47. The molecular weight excluding hydrogens is 134 g/mol. The fraction of sp³-hybridized carbons (Fsp3) is 1.00. The number of piperidine rings is 1. The summed E-state index contributed by atoms with van der Waals surface area (Å²) >= 11 is 0. The molecule has 0 aromatic rings. The Balaban J connectivity index is 2.67. The smallest absolute Gasteiger partial charge is 0.0155 e. The van der Waals surface area contributed by atoms with Gasteiger partial charge in [0, 0.05) is 11.6 Å². The van der Waals surface area contributed by atoms with E-state index in [1.54, 1.807) is 0 Å². The Morgan fingerprint density at radius 2 is 1.82 bits per heavy atom. The normalized spacial score (nSPS) is 39.0. The van der Waals surface area contributed by atoms with Crippen molar-refractivity contribution < 1.29 is 0 Å². The van der Waals surface area contributed by atoms with Crippen LogP contribution in [0.5, 0.6) is 0 Å². The lowest BCUT2D eigenvalue weighted by Crippen LogP contribution is -2.51. The molecule has 0 spiro atoms. The van der Waals surface area contributed by atoms with Crippen molar-refractivity contribution in [1.82, 2.24) is 4.90 Å². The predicted octanol–water partition coefficient (Wildman–Crippen LogP) is 2.52. The van der Waals surface area contributed by atoms with Crippen molar-refractivity contribution in [1.29, 1.82) is 0 Å². The Hall–Kier alpha value is -0.0400. The second kappa shape index (κ2) is 2.78. The molecule has 1 aliphatic rings. The molecule has 0 amide bonds. The summed E-state index contributed by atoms with van der Waals surface area (Å²) in [5.41, 5.74) is 0.414. The molecule has 11 heavy (non-hydrogen) atoms. The van der Waals surface area contributed by atoms with E-state index in [1.165, 1.54) is 12.8 Å². The van der Waals surface area contributed by atoms with Gasteiger partial charge in [-0.25, -0.2) is 0 Å². The maximum absolute atomic E-state index is 2.51. The zero-order valence-corrected chi connectivity index (χ0v) is 8.52. The van der Waals surface area contributed by atoms with Crippen LogP contribution >= 0.6 is 0 Å². The van der Waals surface area contributed by atoms with Gasteiger partial charge in [0.15, 0.2) is 0 Å². The highest BCUT2D eigenvalue weighted by molar-refractivity contribution is 4.89. The summed E-state index contributed by atoms with van der Waals surface area (Å²) in [5, 5.41) is 0. The lowest BCUT2D eigenvalue weighted by atomic mass is 9.81. The van der Waals surface area contributed by atoms with Crippen LogP contribution in [0.1, 0.15) is 40.5 Å². The maximum Gasteiger partial charge on any atom is 0.0155 e. The van der Waals surface area contributed by atoms with Gasteiger partial charge in [0.05, 0.1) is 0 Å². The second-order valence-corrected chi connectivity index (χ2v) is 4.82. The first-order chi connectivity index (χ1) is 4.93. The molecule has 66 valence electrons. The fourth-order valence-corrected chi connectivity index (χ4v) is 2.42. The molecule has 0 radical (unpaired) electrons. The molecule has 0 N–H and O–H groups in total. The predicted molar refractivity (Wildman–Crippen MR) is 49.7 cm³/mol. The van der Waals surface area contributed by atoms with Crippen LogP contribution in [0, 0.1) is 5.92 Å². The third-order valence-electron chi connectivity index (χ3n) is 3.21. The van der Waals surface area contributed by atoms with Crippen LogP contribution in [0.25, 0.3) is 0 Å². The molecule has 1 nitrogen and oxygen atoms in total. The largest absolute Gasteiger partial charge is 0.299 e. The maximum atomic E-state index is 2.51. The highest BCUT2D eigenvalue weighted by atomic mass is 15.2. The van der Waals surface area contributed by atoms with Crippen LogP contribution in [0.2, 0.25) is 0 Å². The van der Waals surface area contributed by atoms with Gasteiger partial charge < -0.3 is 0 Å². The molecule has 1 aliphatic heterocycles. The van der Waals surface area contributed by atoms with Crippen LogP contribution in [0.15, 0.2) is 0 Å². The zero-order chi connectivity index (χ0) is 8.65. The quantitative estimate of drug-likeness (QED) is 0.519. The van der Waals surface area contributed by atoms with E-state index in [-0.39, 0.29) is 0 Å². The van der Waals surface area contributed by atoms with Crippen molar-refractivity contribution in [2.75, 3.05) is 7.05 Å².